The lowest BCUT2D eigenvalue weighted by atomic mass is 9.84. The van der Waals surface area contributed by atoms with Gasteiger partial charge in [-0.15, -0.1) is 0 Å². The normalized spacial score (nSPS) is 28.8. The first-order valence-electron chi connectivity index (χ1n) is 8.16. The third-order valence-electron chi connectivity index (χ3n) is 5.10. The topological polar surface area (TPSA) is 64.4 Å². The SMILES string of the molecule is NC1C2CCC(C2)C1C(=O)NCc1ccccc1OCC(F)(F)F. The molecule has 1 amide bonds. The fraction of sp³-hybridized carbons (Fsp3) is 0.588. The highest BCUT2D eigenvalue weighted by molar-refractivity contribution is 5.80. The lowest BCUT2D eigenvalue weighted by molar-refractivity contribution is -0.153. The molecule has 2 saturated carbocycles. The molecule has 0 aromatic heterocycles. The van der Waals surface area contributed by atoms with Gasteiger partial charge in [0.1, 0.15) is 5.75 Å². The minimum Gasteiger partial charge on any atom is -0.484 e. The second kappa shape index (κ2) is 6.63. The van der Waals surface area contributed by atoms with E-state index < -0.39 is 12.8 Å². The Morgan fingerprint density at radius 2 is 1.96 bits per heavy atom. The van der Waals surface area contributed by atoms with E-state index in [1.54, 1.807) is 18.2 Å². The maximum absolute atomic E-state index is 12.4. The molecule has 132 valence electrons. The number of carbonyl (C=O) groups excluding carboxylic acids is 1. The van der Waals surface area contributed by atoms with E-state index in [0.717, 1.165) is 19.3 Å². The fourth-order valence-electron chi connectivity index (χ4n) is 3.98. The van der Waals surface area contributed by atoms with Gasteiger partial charge in [-0.2, -0.15) is 13.2 Å². The highest BCUT2D eigenvalue weighted by Crippen LogP contribution is 2.47. The first-order chi connectivity index (χ1) is 11.3. The summed E-state index contributed by atoms with van der Waals surface area (Å²) in [6.07, 6.45) is -1.28. The number of hydrogen-bond acceptors (Lipinski definition) is 3. The number of ether oxygens (including phenoxy) is 1. The zero-order valence-corrected chi connectivity index (χ0v) is 13.2. The van der Waals surface area contributed by atoms with E-state index in [1.165, 1.54) is 6.07 Å². The van der Waals surface area contributed by atoms with Crippen LogP contribution in [0.2, 0.25) is 0 Å². The molecule has 4 unspecified atom stereocenters. The lowest BCUT2D eigenvalue weighted by Gasteiger charge is -2.27. The van der Waals surface area contributed by atoms with Crippen molar-refractivity contribution in [2.24, 2.45) is 23.5 Å². The second-order valence-electron chi connectivity index (χ2n) is 6.67. The van der Waals surface area contributed by atoms with Crippen molar-refractivity contribution < 1.29 is 22.7 Å². The number of para-hydroxylation sites is 1. The monoisotopic (exact) mass is 342 g/mol. The summed E-state index contributed by atoms with van der Waals surface area (Å²) in [5, 5.41) is 2.81. The van der Waals surface area contributed by atoms with Crippen LogP contribution in [0.1, 0.15) is 24.8 Å². The largest absolute Gasteiger partial charge is 0.484 e. The first-order valence-corrected chi connectivity index (χ1v) is 8.16. The third kappa shape index (κ3) is 3.66. The molecule has 2 bridgehead atoms. The van der Waals surface area contributed by atoms with Crippen LogP contribution in [0.3, 0.4) is 0 Å². The van der Waals surface area contributed by atoms with E-state index in [0.29, 0.717) is 17.4 Å². The van der Waals surface area contributed by atoms with Gasteiger partial charge in [-0.1, -0.05) is 18.2 Å². The summed E-state index contributed by atoms with van der Waals surface area (Å²) in [5.41, 5.74) is 6.67. The fourth-order valence-corrected chi connectivity index (χ4v) is 3.98. The molecule has 0 radical (unpaired) electrons. The molecule has 7 heteroatoms. The quantitative estimate of drug-likeness (QED) is 0.865. The minimum absolute atomic E-state index is 0.111. The average Bonchev–Trinajstić information content (AvgIpc) is 3.11. The van der Waals surface area contributed by atoms with Crippen molar-refractivity contribution in [2.45, 2.75) is 38.0 Å². The molecule has 4 nitrogen and oxygen atoms in total. The van der Waals surface area contributed by atoms with E-state index in [2.05, 4.69) is 5.32 Å². The van der Waals surface area contributed by atoms with Crippen LogP contribution < -0.4 is 15.8 Å². The number of fused-ring (bicyclic) bond motifs is 2. The van der Waals surface area contributed by atoms with Gasteiger partial charge in [-0.05, 0) is 37.2 Å². The predicted molar refractivity (Wildman–Crippen MR) is 82.1 cm³/mol. The number of benzene rings is 1. The van der Waals surface area contributed by atoms with Gasteiger partial charge in [0.25, 0.3) is 0 Å². The molecule has 3 rings (SSSR count). The van der Waals surface area contributed by atoms with Crippen LogP contribution in [0.25, 0.3) is 0 Å². The summed E-state index contributed by atoms with van der Waals surface area (Å²) in [5.74, 6) is 0.592. The molecular formula is C17H21F3N2O2. The van der Waals surface area contributed by atoms with Crippen LogP contribution in [0, 0.1) is 17.8 Å². The van der Waals surface area contributed by atoms with Crippen molar-refractivity contribution in [1.29, 1.82) is 0 Å². The maximum atomic E-state index is 12.4. The summed E-state index contributed by atoms with van der Waals surface area (Å²) in [7, 11) is 0. The Kier molecular flexibility index (Phi) is 4.71. The molecule has 24 heavy (non-hydrogen) atoms. The van der Waals surface area contributed by atoms with Crippen molar-refractivity contribution >= 4 is 5.91 Å². The highest BCUT2D eigenvalue weighted by atomic mass is 19.4. The van der Waals surface area contributed by atoms with Crippen LogP contribution in [-0.4, -0.2) is 24.7 Å². The zero-order chi connectivity index (χ0) is 17.3. The van der Waals surface area contributed by atoms with E-state index in [-0.39, 0.29) is 30.2 Å². The number of alkyl halides is 3. The Labute approximate surface area is 138 Å². The first kappa shape index (κ1) is 17.1. The molecule has 0 saturated heterocycles. The highest BCUT2D eigenvalue weighted by Gasteiger charge is 2.48. The van der Waals surface area contributed by atoms with Gasteiger partial charge in [-0.3, -0.25) is 4.79 Å². The summed E-state index contributed by atoms with van der Waals surface area (Å²) >= 11 is 0. The minimum atomic E-state index is -4.40. The third-order valence-corrected chi connectivity index (χ3v) is 5.10. The Hall–Kier alpha value is -1.76. The van der Waals surface area contributed by atoms with Gasteiger partial charge < -0.3 is 15.8 Å². The van der Waals surface area contributed by atoms with E-state index in [9.17, 15) is 18.0 Å². The number of amides is 1. The Morgan fingerprint density at radius 3 is 2.62 bits per heavy atom. The van der Waals surface area contributed by atoms with Gasteiger partial charge in [0, 0.05) is 18.2 Å². The summed E-state index contributed by atoms with van der Waals surface area (Å²) in [4.78, 5) is 12.4. The van der Waals surface area contributed by atoms with E-state index >= 15 is 0 Å². The molecule has 2 fully saturated rings. The molecule has 0 heterocycles. The van der Waals surface area contributed by atoms with Crippen molar-refractivity contribution in [1.82, 2.24) is 5.32 Å². The van der Waals surface area contributed by atoms with E-state index in [1.807, 2.05) is 0 Å². The number of hydrogen-bond donors (Lipinski definition) is 2. The smallest absolute Gasteiger partial charge is 0.422 e. The molecule has 1 aromatic carbocycles. The van der Waals surface area contributed by atoms with Gasteiger partial charge >= 0.3 is 6.18 Å². The van der Waals surface area contributed by atoms with Crippen LogP contribution in [0.4, 0.5) is 13.2 Å². The van der Waals surface area contributed by atoms with Crippen LogP contribution >= 0.6 is 0 Å². The number of carbonyl (C=O) groups is 1. The van der Waals surface area contributed by atoms with Crippen molar-refractivity contribution in [2.75, 3.05) is 6.61 Å². The van der Waals surface area contributed by atoms with Crippen molar-refractivity contribution in [3.63, 3.8) is 0 Å². The van der Waals surface area contributed by atoms with Crippen molar-refractivity contribution in [3.05, 3.63) is 29.8 Å². The van der Waals surface area contributed by atoms with Gasteiger partial charge in [0.15, 0.2) is 6.61 Å². The van der Waals surface area contributed by atoms with Gasteiger partial charge in [0.05, 0.1) is 5.92 Å². The number of nitrogens with one attached hydrogen (secondary N) is 1. The standard InChI is InChI=1S/C17H21F3N2O2/c18-17(19,20)9-24-13-4-2-1-3-12(13)8-22-16(23)14-10-5-6-11(7-10)15(14)21/h1-4,10-11,14-15H,5-9,21H2,(H,22,23). The number of rotatable bonds is 5. The maximum Gasteiger partial charge on any atom is 0.422 e. The number of nitrogens with two attached hydrogens (primary N) is 1. The van der Waals surface area contributed by atoms with Gasteiger partial charge in [0.2, 0.25) is 5.91 Å². The molecule has 0 spiro atoms. The number of halogens is 3. The molecule has 4 atom stereocenters. The van der Waals surface area contributed by atoms with E-state index in [4.69, 9.17) is 10.5 Å². The molecule has 1 aromatic rings. The average molecular weight is 342 g/mol. The van der Waals surface area contributed by atoms with Crippen LogP contribution in [-0.2, 0) is 11.3 Å². The predicted octanol–water partition coefficient (Wildman–Crippen LogP) is 2.62. The summed E-state index contributed by atoms with van der Waals surface area (Å²) in [6.45, 7) is -1.22. The molecule has 0 aliphatic heterocycles. The Morgan fingerprint density at radius 1 is 1.25 bits per heavy atom. The summed E-state index contributed by atoms with van der Waals surface area (Å²) in [6, 6.07) is 6.30. The molecule has 3 N–H and O–H groups in total. The Balaban J connectivity index is 1.59. The molecule has 2 aliphatic rings. The van der Waals surface area contributed by atoms with Crippen molar-refractivity contribution in [3.8, 4) is 5.75 Å². The van der Waals surface area contributed by atoms with Gasteiger partial charge in [-0.25, -0.2) is 0 Å². The van der Waals surface area contributed by atoms with Crippen LogP contribution in [0.5, 0.6) is 5.75 Å². The van der Waals surface area contributed by atoms with Crippen LogP contribution in [0.15, 0.2) is 24.3 Å². The second-order valence-corrected chi connectivity index (χ2v) is 6.67. The molecule has 2 aliphatic carbocycles. The zero-order valence-electron chi connectivity index (χ0n) is 13.2. The Bertz CT molecular complexity index is 604. The molecular weight excluding hydrogens is 321 g/mol. The lowest BCUT2D eigenvalue weighted by Crippen LogP contribution is -2.45. The summed E-state index contributed by atoms with van der Waals surface area (Å²) < 4.78 is 41.8.